The van der Waals surface area contributed by atoms with Crippen molar-refractivity contribution in [2.75, 3.05) is 26.2 Å². The van der Waals surface area contributed by atoms with Crippen LogP contribution in [0.1, 0.15) is 103 Å². The zero-order chi connectivity index (χ0) is 20.6. The fraction of sp³-hybridized carbons (Fsp3) is 0.926. The van der Waals surface area contributed by atoms with Gasteiger partial charge in [-0.3, -0.25) is 4.90 Å². The Morgan fingerprint density at radius 3 is 2.07 bits per heavy atom. The molecule has 1 heterocycles. The Morgan fingerprint density at radius 1 is 0.867 bits per heavy atom. The van der Waals surface area contributed by atoms with E-state index in [4.69, 9.17) is 4.74 Å². The Bertz CT molecular complexity index is 497. The van der Waals surface area contributed by atoms with E-state index >= 15 is 0 Å². The van der Waals surface area contributed by atoms with Crippen molar-refractivity contribution in [1.29, 1.82) is 0 Å². The maximum atomic E-state index is 13.4. The Hall–Kier alpha value is -0.410. The molecule has 3 fully saturated rings. The molecule has 0 aromatic heterocycles. The predicted octanol–water partition coefficient (Wildman–Crippen LogP) is 7.08. The molecule has 0 aromatic carbocycles. The van der Waals surface area contributed by atoms with Gasteiger partial charge in [-0.2, -0.15) is 0 Å². The maximum absolute atomic E-state index is 13.4. The van der Waals surface area contributed by atoms with Gasteiger partial charge < -0.3 is 4.74 Å². The minimum Gasteiger partial charge on any atom is -0.377 e. The highest BCUT2D eigenvalue weighted by molar-refractivity contribution is 5.07. The second-order valence-electron chi connectivity index (χ2n) is 10.9. The van der Waals surface area contributed by atoms with Crippen molar-refractivity contribution in [2.45, 2.75) is 115 Å². The zero-order valence-corrected chi connectivity index (χ0v) is 19.3. The normalized spacial score (nSPS) is 30.5. The highest BCUT2D eigenvalue weighted by Crippen LogP contribution is 2.37. The third-order valence-corrected chi connectivity index (χ3v) is 8.64. The monoisotopic (exact) mass is 419 g/mol. The molecule has 3 heteroatoms. The summed E-state index contributed by atoms with van der Waals surface area (Å²) in [5, 5.41) is 0. The van der Waals surface area contributed by atoms with E-state index in [0.717, 1.165) is 63.0 Å². The van der Waals surface area contributed by atoms with Gasteiger partial charge in [0.25, 0.3) is 0 Å². The first-order valence-corrected chi connectivity index (χ1v) is 13.4. The molecule has 172 valence electrons. The Kier molecular flexibility index (Phi) is 9.11. The quantitative estimate of drug-likeness (QED) is 0.390. The minimum atomic E-state index is -0.528. The zero-order valence-electron chi connectivity index (χ0n) is 19.3. The molecule has 30 heavy (non-hydrogen) atoms. The van der Waals surface area contributed by atoms with Crippen molar-refractivity contribution in [3.8, 4) is 0 Å². The number of nitrogens with zero attached hydrogens (tertiary/aromatic N) is 1. The molecule has 2 nitrogen and oxygen atoms in total. The molecule has 3 saturated carbocycles. The van der Waals surface area contributed by atoms with Crippen molar-refractivity contribution in [1.82, 2.24) is 4.90 Å². The Labute approximate surface area is 185 Å². The molecule has 3 aliphatic carbocycles. The van der Waals surface area contributed by atoms with Crippen LogP contribution < -0.4 is 0 Å². The van der Waals surface area contributed by atoms with Crippen molar-refractivity contribution in [3.05, 3.63) is 11.6 Å². The van der Waals surface area contributed by atoms with Crippen LogP contribution in [0.2, 0.25) is 0 Å². The van der Waals surface area contributed by atoms with Gasteiger partial charge in [0.2, 0.25) is 0 Å². The lowest BCUT2D eigenvalue weighted by Gasteiger charge is -2.38. The molecule has 0 radical (unpaired) electrons. The number of rotatable bonds is 8. The van der Waals surface area contributed by atoms with Crippen LogP contribution in [0.5, 0.6) is 0 Å². The summed E-state index contributed by atoms with van der Waals surface area (Å²) in [6.45, 7) is 4.40. The van der Waals surface area contributed by atoms with Gasteiger partial charge >= 0.3 is 0 Å². The summed E-state index contributed by atoms with van der Waals surface area (Å²) in [6, 6.07) is 0. The summed E-state index contributed by atoms with van der Waals surface area (Å²) < 4.78 is 20.1. The summed E-state index contributed by atoms with van der Waals surface area (Å²) >= 11 is 0. The van der Waals surface area contributed by atoms with E-state index < -0.39 is 6.17 Å². The van der Waals surface area contributed by atoms with Crippen LogP contribution in [0.4, 0.5) is 4.39 Å². The summed E-state index contributed by atoms with van der Waals surface area (Å²) in [4.78, 5) is 2.60. The minimum absolute atomic E-state index is 0.528. The fourth-order valence-corrected chi connectivity index (χ4v) is 6.72. The Balaban J connectivity index is 1.20. The summed E-state index contributed by atoms with van der Waals surface area (Å²) in [5.74, 6) is 2.39. The average Bonchev–Trinajstić information content (AvgIpc) is 2.80. The number of hydrogen-bond donors (Lipinski definition) is 0. The number of ether oxygens (including phenoxy) is 1. The SMILES string of the molecule is FC1CCC(CN2CC=C(CCOC(C3CCCCC3)C3CCCCC3)CC2)CC1. The van der Waals surface area contributed by atoms with E-state index in [9.17, 15) is 4.39 Å². The lowest BCUT2D eigenvalue weighted by Crippen LogP contribution is -2.36. The molecular formula is C27H46FNO. The molecule has 1 aliphatic heterocycles. The van der Waals surface area contributed by atoms with Crippen molar-refractivity contribution >= 4 is 0 Å². The molecule has 0 aromatic rings. The van der Waals surface area contributed by atoms with Crippen molar-refractivity contribution < 1.29 is 9.13 Å². The van der Waals surface area contributed by atoms with Gasteiger partial charge in [-0.25, -0.2) is 4.39 Å². The number of alkyl halides is 1. The third kappa shape index (κ3) is 6.79. The lowest BCUT2D eigenvalue weighted by atomic mass is 9.75. The first-order chi connectivity index (χ1) is 14.8. The Morgan fingerprint density at radius 2 is 1.50 bits per heavy atom. The number of hydrogen-bond acceptors (Lipinski definition) is 2. The molecule has 4 rings (SSSR count). The molecule has 0 atom stereocenters. The standard InChI is InChI=1S/C27H46FNO/c28-26-13-11-23(12-14-26)21-29-18-15-22(16-19-29)17-20-30-27(24-7-3-1-4-8-24)25-9-5-2-6-10-25/h15,23-27H,1-14,16-21H2. The van der Waals surface area contributed by atoms with Crippen LogP contribution in [-0.2, 0) is 4.74 Å². The van der Waals surface area contributed by atoms with Gasteiger partial charge in [-0.1, -0.05) is 50.2 Å². The molecule has 0 spiro atoms. The van der Waals surface area contributed by atoms with Crippen molar-refractivity contribution in [2.24, 2.45) is 17.8 Å². The maximum Gasteiger partial charge on any atom is 0.100 e. The van der Waals surface area contributed by atoms with Gasteiger partial charge in [-0.15, -0.1) is 0 Å². The van der Waals surface area contributed by atoms with E-state index in [1.165, 1.54) is 83.7 Å². The molecule has 0 amide bonds. The van der Waals surface area contributed by atoms with Gasteiger partial charge in [0.1, 0.15) is 6.17 Å². The molecule has 4 aliphatic rings. The predicted molar refractivity (Wildman–Crippen MR) is 124 cm³/mol. The van der Waals surface area contributed by atoms with Gasteiger partial charge in [0.05, 0.1) is 12.7 Å². The van der Waals surface area contributed by atoms with E-state index in [2.05, 4.69) is 11.0 Å². The van der Waals surface area contributed by atoms with Crippen LogP contribution in [0, 0.1) is 17.8 Å². The molecule has 0 N–H and O–H groups in total. The van der Waals surface area contributed by atoms with E-state index in [1.54, 1.807) is 5.57 Å². The smallest absolute Gasteiger partial charge is 0.100 e. The molecular weight excluding hydrogens is 373 g/mol. The largest absolute Gasteiger partial charge is 0.377 e. The van der Waals surface area contributed by atoms with Gasteiger partial charge in [0.15, 0.2) is 0 Å². The average molecular weight is 420 g/mol. The van der Waals surface area contributed by atoms with Crippen LogP contribution in [0.3, 0.4) is 0 Å². The second kappa shape index (κ2) is 12.0. The van der Waals surface area contributed by atoms with Gasteiger partial charge in [0, 0.05) is 19.6 Å². The highest BCUT2D eigenvalue weighted by atomic mass is 19.1. The first-order valence-electron chi connectivity index (χ1n) is 13.4. The summed E-state index contributed by atoms with van der Waals surface area (Å²) in [5.41, 5.74) is 1.62. The fourth-order valence-electron chi connectivity index (χ4n) is 6.72. The molecule has 0 saturated heterocycles. The highest BCUT2D eigenvalue weighted by Gasteiger charge is 2.32. The van der Waals surface area contributed by atoms with E-state index in [1.807, 2.05) is 0 Å². The van der Waals surface area contributed by atoms with E-state index in [-0.39, 0.29) is 0 Å². The second-order valence-corrected chi connectivity index (χ2v) is 10.9. The summed E-state index contributed by atoms with van der Waals surface area (Å²) in [6.07, 6.45) is 22.8. The van der Waals surface area contributed by atoms with Gasteiger partial charge in [-0.05, 0) is 82.0 Å². The molecule has 0 unspecified atom stereocenters. The third-order valence-electron chi connectivity index (χ3n) is 8.64. The van der Waals surface area contributed by atoms with Crippen LogP contribution in [0.25, 0.3) is 0 Å². The summed E-state index contributed by atoms with van der Waals surface area (Å²) in [7, 11) is 0. The lowest BCUT2D eigenvalue weighted by molar-refractivity contribution is -0.0455. The molecule has 0 bridgehead atoms. The van der Waals surface area contributed by atoms with Crippen molar-refractivity contribution in [3.63, 3.8) is 0 Å². The van der Waals surface area contributed by atoms with Crippen LogP contribution >= 0.6 is 0 Å². The van der Waals surface area contributed by atoms with Crippen LogP contribution in [-0.4, -0.2) is 43.4 Å². The first kappa shape index (κ1) is 22.8. The van der Waals surface area contributed by atoms with Crippen LogP contribution in [0.15, 0.2) is 11.6 Å². The number of halogens is 1. The van der Waals surface area contributed by atoms with E-state index in [0.29, 0.717) is 6.10 Å². The topological polar surface area (TPSA) is 12.5 Å².